The van der Waals surface area contributed by atoms with E-state index in [0.29, 0.717) is 5.75 Å². The van der Waals surface area contributed by atoms with Crippen LogP contribution in [0, 0.1) is 12.8 Å². The first-order valence-electron chi connectivity index (χ1n) is 12.2. The molecule has 1 saturated carbocycles. The summed E-state index contributed by atoms with van der Waals surface area (Å²) in [4.78, 5) is 40.8. The fraction of sp³-hybridized carbons (Fsp3) is 0.333. The molecule has 4 rings (SSSR count). The molecule has 0 radical (unpaired) electrons. The minimum Gasteiger partial charge on any atom is -0.489 e. The number of fused-ring (bicyclic) bond motifs is 1. The van der Waals surface area contributed by atoms with Gasteiger partial charge in [0.05, 0.1) is 17.5 Å². The second kappa shape index (κ2) is 11.9. The molecule has 0 aliphatic heterocycles. The zero-order chi connectivity index (χ0) is 29.0. The molecular formula is C27H26F3N3O7. The summed E-state index contributed by atoms with van der Waals surface area (Å²) in [6.07, 6.45) is -9.51. The number of halogens is 3. The highest BCUT2D eigenvalue weighted by molar-refractivity contribution is 5.95. The van der Waals surface area contributed by atoms with Crippen LogP contribution < -0.4 is 15.5 Å². The molecule has 0 saturated heterocycles. The van der Waals surface area contributed by atoms with Gasteiger partial charge in [-0.15, -0.1) is 0 Å². The molecule has 40 heavy (non-hydrogen) atoms. The number of nitrogens with zero attached hydrogens (tertiary/aromatic N) is 1. The molecule has 2 unspecified atom stereocenters. The number of nitrogens with one attached hydrogen (secondary N) is 2. The number of esters is 1. The average Bonchev–Trinajstić information content (AvgIpc) is 2.92. The van der Waals surface area contributed by atoms with Gasteiger partial charge >= 0.3 is 12.1 Å². The number of hydroxylamine groups is 1. The number of hydrogen-bond acceptors (Lipinski definition) is 8. The fourth-order valence-electron chi connectivity index (χ4n) is 4.64. The Kier molecular flexibility index (Phi) is 8.55. The topological polar surface area (TPSA) is 147 Å². The van der Waals surface area contributed by atoms with E-state index in [2.05, 4.69) is 15.0 Å². The summed E-state index contributed by atoms with van der Waals surface area (Å²) >= 11 is 0. The maximum Gasteiger partial charge on any atom is 0.490 e. The lowest BCUT2D eigenvalue weighted by Gasteiger charge is -2.38. The highest BCUT2D eigenvalue weighted by atomic mass is 19.4. The minimum absolute atomic E-state index is 0.149. The number of para-hydroxylation sites is 1. The second-order valence-corrected chi connectivity index (χ2v) is 9.40. The number of amides is 2. The van der Waals surface area contributed by atoms with Crippen LogP contribution in [-0.2, 0) is 20.9 Å². The Morgan fingerprint density at radius 1 is 1.07 bits per heavy atom. The van der Waals surface area contributed by atoms with E-state index in [1.54, 1.807) is 12.1 Å². The molecule has 1 aliphatic rings. The van der Waals surface area contributed by atoms with E-state index in [0.717, 1.165) is 22.2 Å². The second-order valence-electron chi connectivity index (χ2n) is 9.40. The highest BCUT2D eigenvalue weighted by Gasteiger charge is 2.47. The number of carbonyl (C=O) groups excluding carboxylic acids is 3. The van der Waals surface area contributed by atoms with Crippen LogP contribution in [-0.4, -0.2) is 57.5 Å². The summed E-state index contributed by atoms with van der Waals surface area (Å²) in [6, 6.07) is 14.4. The van der Waals surface area contributed by atoms with Crippen LogP contribution in [0.4, 0.5) is 13.2 Å². The van der Waals surface area contributed by atoms with Crippen molar-refractivity contribution in [1.82, 2.24) is 15.8 Å². The number of aliphatic hydroxyl groups excluding tert-OH is 1. The van der Waals surface area contributed by atoms with Gasteiger partial charge in [-0.3, -0.25) is 19.8 Å². The first-order chi connectivity index (χ1) is 19.0. The van der Waals surface area contributed by atoms with Gasteiger partial charge in [-0.2, -0.15) is 13.2 Å². The Morgan fingerprint density at radius 3 is 2.45 bits per heavy atom. The predicted molar refractivity (Wildman–Crippen MR) is 133 cm³/mol. The number of aryl methyl sites for hydroxylation is 1. The maximum absolute atomic E-state index is 12.9. The number of aromatic nitrogens is 1. The number of hydrogen-bond donors (Lipinski definition) is 4. The lowest BCUT2D eigenvalue weighted by Crippen LogP contribution is -2.55. The van der Waals surface area contributed by atoms with Crippen LogP contribution in [0.3, 0.4) is 0 Å². The van der Waals surface area contributed by atoms with Crippen molar-refractivity contribution in [2.24, 2.45) is 5.92 Å². The minimum atomic E-state index is -5.29. The first kappa shape index (κ1) is 28.8. The lowest BCUT2D eigenvalue weighted by molar-refractivity contribution is -0.212. The Labute approximate surface area is 226 Å². The third-order valence-corrected chi connectivity index (χ3v) is 6.59. The van der Waals surface area contributed by atoms with Gasteiger partial charge in [-0.1, -0.05) is 18.2 Å². The fourth-order valence-corrected chi connectivity index (χ4v) is 4.64. The number of alkyl halides is 3. The SMILES string of the molecule is Cc1cc(COc2ccc(C(=O)N[C@@H]3CC(OC(=O)C(F)(F)F)C(O)C[C@@H]3C(=O)NO)cc2)c2ccccc2n1. The molecule has 4 N–H and O–H groups in total. The molecular weight excluding hydrogens is 535 g/mol. The van der Waals surface area contributed by atoms with E-state index in [1.807, 2.05) is 37.3 Å². The number of rotatable bonds is 7. The van der Waals surface area contributed by atoms with Crippen LogP contribution in [0.25, 0.3) is 10.9 Å². The molecule has 1 aromatic heterocycles. The van der Waals surface area contributed by atoms with Gasteiger partial charge in [-0.25, -0.2) is 10.3 Å². The van der Waals surface area contributed by atoms with Crippen LogP contribution in [0.5, 0.6) is 5.75 Å². The number of ether oxygens (including phenoxy) is 2. The first-order valence-corrected chi connectivity index (χ1v) is 12.2. The molecule has 10 nitrogen and oxygen atoms in total. The standard InChI is InChI=1S/C27H26F3N3O7/c1-14-10-16(18-4-2-3-5-20(18)31-14)13-39-17-8-6-15(7-9-17)24(35)32-21-12-23(40-26(37)27(28,29)30)22(34)11-19(21)25(36)33-38/h2-10,19,21-23,34,38H,11-13H2,1H3,(H,32,35)(H,33,36)/t19-,21+,22?,23?/m0/s1. The summed E-state index contributed by atoms with van der Waals surface area (Å²) in [5, 5.41) is 22.7. The summed E-state index contributed by atoms with van der Waals surface area (Å²) in [5.41, 5.74) is 4.17. The molecule has 0 bridgehead atoms. The van der Waals surface area contributed by atoms with Crippen molar-refractivity contribution in [3.63, 3.8) is 0 Å². The van der Waals surface area contributed by atoms with Crippen molar-refractivity contribution in [3.8, 4) is 5.75 Å². The van der Waals surface area contributed by atoms with Gasteiger partial charge in [0, 0.05) is 34.7 Å². The molecule has 13 heteroatoms. The van der Waals surface area contributed by atoms with Crippen LogP contribution >= 0.6 is 0 Å². The zero-order valence-electron chi connectivity index (χ0n) is 21.1. The van der Waals surface area contributed by atoms with E-state index in [-0.39, 0.29) is 12.2 Å². The van der Waals surface area contributed by atoms with Crippen molar-refractivity contribution in [3.05, 3.63) is 71.4 Å². The molecule has 1 heterocycles. The molecule has 2 amide bonds. The van der Waals surface area contributed by atoms with Crippen molar-refractivity contribution in [2.45, 2.75) is 50.8 Å². The normalized spacial score (nSPS) is 20.9. The van der Waals surface area contributed by atoms with Gasteiger partial charge in [0.2, 0.25) is 5.91 Å². The van der Waals surface area contributed by atoms with Crippen molar-refractivity contribution in [1.29, 1.82) is 0 Å². The van der Waals surface area contributed by atoms with E-state index >= 15 is 0 Å². The van der Waals surface area contributed by atoms with Crippen molar-refractivity contribution < 1.29 is 47.3 Å². The van der Waals surface area contributed by atoms with Gasteiger partial charge in [0.15, 0.2) is 0 Å². The van der Waals surface area contributed by atoms with Crippen LogP contribution in [0.2, 0.25) is 0 Å². The van der Waals surface area contributed by atoms with Gasteiger partial charge in [0.1, 0.15) is 18.5 Å². The average molecular weight is 562 g/mol. The van der Waals surface area contributed by atoms with E-state index in [4.69, 9.17) is 9.94 Å². The third kappa shape index (κ3) is 6.66. The van der Waals surface area contributed by atoms with E-state index in [9.17, 15) is 32.7 Å². The van der Waals surface area contributed by atoms with Crippen molar-refractivity contribution in [2.75, 3.05) is 0 Å². The molecule has 212 valence electrons. The molecule has 0 spiro atoms. The van der Waals surface area contributed by atoms with Crippen molar-refractivity contribution >= 4 is 28.7 Å². The number of pyridine rings is 1. The molecule has 1 aliphatic carbocycles. The molecule has 3 aromatic rings. The Morgan fingerprint density at radius 2 is 1.77 bits per heavy atom. The lowest BCUT2D eigenvalue weighted by atomic mass is 9.80. The largest absolute Gasteiger partial charge is 0.490 e. The number of aliphatic hydroxyl groups is 1. The van der Waals surface area contributed by atoms with Crippen LogP contribution in [0.1, 0.15) is 34.5 Å². The highest BCUT2D eigenvalue weighted by Crippen LogP contribution is 2.30. The third-order valence-electron chi connectivity index (χ3n) is 6.59. The number of carbonyl (C=O) groups is 3. The summed E-state index contributed by atoms with van der Waals surface area (Å²) in [6.45, 7) is 2.13. The Bertz CT molecular complexity index is 1400. The van der Waals surface area contributed by atoms with E-state index in [1.165, 1.54) is 17.6 Å². The van der Waals surface area contributed by atoms with E-state index < -0.39 is 61.0 Å². The number of benzene rings is 2. The smallest absolute Gasteiger partial charge is 0.489 e. The summed E-state index contributed by atoms with van der Waals surface area (Å²) < 4.78 is 48.2. The van der Waals surface area contributed by atoms with Gasteiger partial charge < -0.3 is 19.9 Å². The predicted octanol–water partition coefficient (Wildman–Crippen LogP) is 2.97. The quantitative estimate of drug-likeness (QED) is 0.196. The summed E-state index contributed by atoms with van der Waals surface area (Å²) in [5.74, 6) is -4.89. The summed E-state index contributed by atoms with van der Waals surface area (Å²) in [7, 11) is 0. The molecule has 2 aromatic carbocycles. The van der Waals surface area contributed by atoms with Gasteiger partial charge in [-0.05, 0) is 49.7 Å². The van der Waals surface area contributed by atoms with Crippen LogP contribution in [0.15, 0.2) is 54.6 Å². The molecule has 4 atom stereocenters. The zero-order valence-corrected chi connectivity index (χ0v) is 21.1. The maximum atomic E-state index is 12.9. The van der Waals surface area contributed by atoms with Gasteiger partial charge in [0.25, 0.3) is 5.91 Å². The Hall–Kier alpha value is -4.23. The monoisotopic (exact) mass is 561 g/mol. The Balaban J connectivity index is 1.43. The molecule has 1 fully saturated rings.